The van der Waals surface area contributed by atoms with Crippen molar-refractivity contribution in [1.29, 1.82) is 0 Å². The maximum absolute atomic E-state index is 12.1. The summed E-state index contributed by atoms with van der Waals surface area (Å²) in [5.41, 5.74) is 0. The quantitative estimate of drug-likeness (QED) is 0.767. The van der Waals surface area contributed by atoms with Crippen molar-refractivity contribution in [3.05, 3.63) is 0 Å². The van der Waals surface area contributed by atoms with Crippen LogP contribution in [0.2, 0.25) is 0 Å². The molecule has 0 spiro atoms. The molecule has 1 saturated carbocycles. The smallest absolute Gasteiger partial charge is 0.238 e. The second kappa shape index (κ2) is 6.53. The molecule has 1 aliphatic carbocycles. The summed E-state index contributed by atoms with van der Waals surface area (Å²) >= 11 is 0. The lowest BCUT2D eigenvalue weighted by molar-refractivity contribution is -0.128. The Bertz CT molecular complexity index is 278. The van der Waals surface area contributed by atoms with Crippen LogP contribution in [0, 0.1) is 5.92 Å². The molecular formula is C14H27N3O. The number of nitrogens with one attached hydrogen (secondary N) is 2. The van der Waals surface area contributed by atoms with E-state index in [1.54, 1.807) is 0 Å². The summed E-state index contributed by atoms with van der Waals surface area (Å²) in [6.45, 7) is 7.79. The molecule has 0 aromatic heterocycles. The van der Waals surface area contributed by atoms with E-state index in [0.29, 0.717) is 6.04 Å². The van der Waals surface area contributed by atoms with Gasteiger partial charge < -0.3 is 10.6 Å². The van der Waals surface area contributed by atoms with E-state index in [0.717, 1.165) is 32.1 Å². The number of likely N-dealkylation sites (N-methyl/N-ethyl adjacent to an activating group) is 1. The highest BCUT2D eigenvalue weighted by atomic mass is 16.2. The van der Waals surface area contributed by atoms with Gasteiger partial charge in [-0.05, 0) is 26.2 Å². The van der Waals surface area contributed by atoms with Gasteiger partial charge in [0.1, 0.15) is 6.04 Å². The molecule has 1 saturated heterocycles. The van der Waals surface area contributed by atoms with Crippen molar-refractivity contribution < 1.29 is 4.79 Å². The first kappa shape index (κ1) is 13.8. The largest absolute Gasteiger partial charge is 0.355 e. The minimum absolute atomic E-state index is 0.0220. The molecule has 0 aromatic carbocycles. The van der Waals surface area contributed by atoms with Gasteiger partial charge in [-0.2, -0.15) is 0 Å². The fraction of sp³-hybridized carbons (Fsp3) is 0.929. The molecule has 1 amide bonds. The third-order valence-electron chi connectivity index (χ3n) is 4.40. The average Bonchev–Trinajstić information content (AvgIpc) is 2.34. The zero-order chi connectivity index (χ0) is 13.0. The second-order valence-electron chi connectivity index (χ2n) is 5.73. The Hall–Kier alpha value is -0.610. The van der Waals surface area contributed by atoms with Crippen molar-refractivity contribution in [3.63, 3.8) is 0 Å². The highest BCUT2D eigenvalue weighted by Crippen LogP contribution is 2.32. The van der Waals surface area contributed by atoms with Gasteiger partial charge in [0, 0.05) is 32.2 Å². The monoisotopic (exact) mass is 253 g/mol. The fourth-order valence-corrected chi connectivity index (χ4v) is 3.13. The van der Waals surface area contributed by atoms with Crippen LogP contribution >= 0.6 is 0 Å². The molecule has 2 atom stereocenters. The Morgan fingerprint density at radius 3 is 2.89 bits per heavy atom. The van der Waals surface area contributed by atoms with Gasteiger partial charge in [0.05, 0.1) is 0 Å². The standard InChI is InChI=1S/C14H27N3O/c1-3-16-14(18)13-10-15-7-8-17(13)11(2)9-12-5-4-6-12/h11-13,15H,3-10H2,1-2H3,(H,16,18). The lowest BCUT2D eigenvalue weighted by Gasteiger charge is -2.41. The van der Waals surface area contributed by atoms with Crippen molar-refractivity contribution in [2.75, 3.05) is 26.2 Å². The van der Waals surface area contributed by atoms with Gasteiger partial charge in [0.25, 0.3) is 0 Å². The summed E-state index contributed by atoms with van der Waals surface area (Å²) in [5.74, 6) is 1.09. The van der Waals surface area contributed by atoms with E-state index in [-0.39, 0.29) is 11.9 Å². The van der Waals surface area contributed by atoms with Crippen molar-refractivity contribution in [1.82, 2.24) is 15.5 Å². The van der Waals surface area contributed by atoms with Crippen LogP contribution in [-0.2, 0) is 4.79 Å². The Balaban J connectivity index is 1.90. The summed E-state index contributed by atoms with van der Waals surface area (Å²) < 4.78 is 0. The van der Waals surface area contributed by atoms with Crippen molar-refractivity contribution in [2.24, 2.45) is 5.92 Å². The Morgan fingerprint density at radius 1 is 1.50 bits per heavy atom. The maximum Gasteiger partial charge on any atom is 0.238 e. The van der Waals surface area contributed by atoms with Crippen molar-refractivity contribution in [3.8, 4) is 0 Å². The number of carbonyl (C=O) groups is 1. The van der Waals surface area contributed by atoms with E-state index in [9.17, 15) is 4.79 Å². The van der Waals surface area contributed by atoms with E-state index in [1.165, 1.54) is 25.7 Å². The van der Waals surface area contributed by atoms with Crippen LogP contribution in [0.4, 0.5) is 0 Å². The SMILES string of the molecule is CCNC(=O)C1CNCCN1C(C)CC1CCC1. The Labute approximate surface area is 110 Å². The van der Waals surface area contributed by atoms with Crippen LogP contribution in [-0.4, -0.2) is 49.1 Å². The van der Waals surface area contributed by atoms with Gasteiger partial charge in [-0.25, -0.2) is 0 Å². The van der Waals surface area contributed by atoms with E-state index in [4.69, 9.17) is 0 Å². The first-order valence-electron chi connectivity index (χ1n) is 7.46. The molecule has 2 unspecified atom stereocenters. The minimum atomic E-state index is 0.0220. The van der Waals surface area contributed by atoms with Gasteiger partial charge in [-0.15, -0.1) is 0 Å². The molecule has 1 aliphatic heterocycles. The molecule has 4 heteroatoms. The number of hydrogen-bond acceptors (Lipinski definition) is 3. The summed E-state index contributed by atoms with van der Waals surface area (Å²) in [5, 5.41) is 6.30. The number of nitrogens with zero attached hydrogens (tertiary/aromatic N) is 1. The molecule has 0 bridgehead atoms. The van der Waals surface area contributed by atoms with Crippen LogP contribution in [0.1, 0.15) is 39.5 Å². The number of amides is 1. The predicted octanol–water partition coefficient (Wildman–Crippen LogP) is 0.975. The second-order valence-corrected chi connectivity index (χ2v) is 5.73. The molecule has 0 radical (unpaired) electrons. The number of hydrogen-bond donors (Lipinski definition) is 2. The first-order valence-corrected chi connectivity index (χ1v) is 7.46. The third-order valence-corrected chi connectivity index (χ3v) is 4.40. The van der Waals surface area contributed by atoms with Crippen LogP contribution in [0.5, 0.6) is 0 Å². The Kier molecular flexibility index (Phi) is 5.01. The topological polar surface area (TPSA) is 44.4 Å². The van der Waals surface area contributed by atoms with Gasteiger partial charge in [-0.3, -0.25) is 9.69 Å². The van der Waals surface area contributed by atoms with Gasteiger partial charge in [0.2, 0.25) is 5.91 Å². The first-order chi connectivity index (χ1) is 8.72. The molecule has 104 valence electrons. The van der Waals surface area contributed by atoms with Crippen LogP contribution in [0.25, 0.3) is 0 Å². The van der Waals surface area contributed by atoms with Crippen LogP contribution < -0.4 is 10.6 Å². The van der Waals surface area contributed by atoms with Gasteiger partial charge >= 0.3 is 0 Å². The molecule has 1 heterocycles. The van der Waals surface area contributed by atoms with Gasteiger partial charge in [-0.1, -0.05) is 19.3 Å². The fourth-order valence-electron chi connectivity index (χ4n) is 3.13. The predicted molar refractivity (Wildman–Crippen MR) is 73.5 cm³/mol. The molecule has 2 N–H and O–H groups in total. The summed E-state index contributed by atoms with van der Waals surface area (Å²) in [6, 6.07) is 0.554. The lowest BCUT2D eigenvalue weighted by Crippen LogP contribution is -2.60. The maximum atomic E-state index is 12.1. The number of carbonyl (C=O) groups excluding carboxylic acids is 1. The number of rotatable bonds is 5. The summed E-state index contributed by atoms with van der Waals surface area (Å²) in [6.07, 6.45) is 5.44. The molecular weight excluding hydrogens is 226 g/mol. The van der Waals surface area contributed by atoms with E-state index < -0.39 is 0 Å². The lowest BCUT2D eigenvalue weighted by atomic mass is 9.80. The Morgan fingerprint density at radius 2 is 2.28 bits per heavy atom. The van der Waals surface area contributed by atoms with E-state index in [1.807, 2.05) is 6.92 Å². The zero-order valence-electron chi connectivity index (χ0n) is 11.7. The molecule has 4 nitrogen and oxygen atoms in total. The summed E-state index contributed by atoms with van der Waals surface area (Å²) in [7, 11) is 0. The molecule has 2 rings (SSSR count). The van der Waals surface area contributed by atoms with Crippen LogP contribution in [0.15, 0.2) is 0 Å². The molecule has 18 heavy (non-hydrogen) atoms. The molecule has 0 aromatic rings. The minimum Gasteiger partial charge on any atom is -0.355 e. The summed E-state index contributed by atoms with van der Waals surface area (Å²) in [4.78, 5) is 14.5. The third kappa shape index (κ3) is 3.23. The molecule has 2 aliphatic rings. The van der Waals surface area contributed by atoms with Gasteiger partial charge in [0.15, 0.2) is 0 Å². The normalized spacial score (nSPS) is 27.6. The van der Waals surface area contributed by atoms with Crippen LogP contribution in [0.3, 0.4) is 0 Å². The zero-order valence-corrected chi connectivity index (χ0v) is 11.7. The average molecular weight is 253 g/mol. The highest BCUT2D eigenvalue weighted by Gasteiger charge is 2.33. The van der Waals surface area contributed by atoms with Crippen molar-refractivity contribution >= 4 is 5.91 Å². The van der Waals surface area contributed by atoms with E-state index >= 15 is 0 Å². The number of piperazine rings is 1. The molecule has 2 fully saturated rings. The van der Waals surface area contributed by atoms with E-state index in [2.05, 4.69) is 22.5 Å². The van der Waals surface area contributed by atoms with Crippen molar-refractivity contribution in [2.45, 2.75) is 51.6 Å². The highest BCUT2D eigenvalue weighted by molar-refractivity contribution is 5.82.